The summed E-state index contributed by atoms with van der Waals surface area (Å²) >= 11 is 0. The van der Waals surface area contributed by atoms with Gasteiger partial charge in [0.25, 0.3) is 0 Å². The van der Waals surface area contributed by atoms with Crippen molar-refractivity contribution in [1.29, 1.82) is 0 Å². The van der Waals surface area contributed by atoms with Crippen molar-refractivity contribution in [2.75, 3.05) is 13.1 Å². The van der Waals surface area contributed by atoms with Gasteiger partial charge in [0, 0.05) is 22.9 Å². The number of hydrogen-bond donors (Lipinski definition) is 2. The molecule has 0 amide bonds. The number of likely N-dealkylation sites (tertiary alicyclic amines) is 1. The molecule has 0 aromatic heterocycles. The molecule has 5 rings (SSSR count). The Morgan fingerprint density at radius 1 is 1.36 bits per heavy atom. The van der Waals surface area contributed by atoms with Crippen LogP contribution in [0.3, 0.4) is 0 Å². The Morgan fingerprint density at radius 2 is 2.23 bits per heavy atom. The molecule has 1 saturated heterocycles. The Balaban J connectivity index is 1.80. The van der Waals surface area contributed by atoms with Gasteiger partial charge >= 0.3 is 0 Å². The molecule has 4 nitrogen and oxygen atoms in total. The SMILES string of the molecule is CCN1CCC23c4c5ccc(O)c4OC2C(O)C=CC3C1C5. The van der Waals surface area contributed by atoms with Crippen LogP contribution in [0.15, 0.2) is 24.3 Å². The minimum absolute atomic E-state index is 0.161. The highest BCUT2D eigenvalue weighted by Gasteiger charge is 2.64. The topological polar surface area (TPSA) is 52.9 Å². The third-order valence-electron chi connectivity index (χ3n) is 6.39. The lowest BCUT2D eigenvalue weighted by molar-refractivity contribution is -0.0503. The summed E-state index contributed by atoms with van der Waals surface area (Å²) in [6.45, 7) is 4.31. The first-order chi connectivity index (χ1) is 10.7. The largest absolute Gasteiger partial charge is 0.504 e. The molecule has 116 valence electrons. The Labute approximate surface area is 130 Å². The monoisotopic (exact) mass is 299 g/mol. The molecular weight excluding hydrogens is 278 g/mol. The summed E-state index contributed by atoms with van der Waals surface area (Å²) < 4.78 is 6.12. The lowest BCUT2D eigenvalue weighted by Gasteiger charge is -2.57. The predicted molar refractivity (Wildman–Crippen MR) is 82.2 cm³/mol. The van der Waals surface area contributed by atoms with E-state index in [2.05, 4.69) is 24.0 Å². The number of hydrogen-bond acceptors (Lipinski definition) is 4. The average Bonchev–Trinajstić information content (AvgIpc) is 2.87. The molecule has 5 unspecified atom stereocenters. The van der Waals surface area contributed by atoms with Gasteiger partial charge in [0.1, 0.15) is 12.2 Å². The van der Waals surface area contributed by atoms with Crippen molar-refractivity contribution >= 4 is 0 Å². The summed E-state index contributed by atoms with van der Waals surface area (Å²) in [7, 11) is 0. The molecule has 2 aliphatic carbocycles. The zero-order valence-electron chi connectivity index (χ0n) is 12.7. The number of piperidine rings is 1. The Morgan fingerprint density at radius 3 is 3.05 bits per heavy atom. The van der Waals surface area contributed by atoms with E-state index in [0.29, 0.717) is 17.7 Å². The minimum atomic E-state index is -0.595. The fourth-order valence-corrected chi connectivity index (χ4v) is 5.52. The molecular formula is C18H21NO3. The Hall–Kier alpha value is -1.52. The molecule has 4 aliphatic rings. The molecule has 22 heavy (non-hydrogen) atoms. The van der Waals surface area contributed by atoms with Crippen molar-refractivity contribution in [3.8, 4) is 11.5 Å². The van der Waals surface area contributed by atoms with Crippen LogP contribution in [-0.4, -0.2) is 46.5 Å². The first-order valence-electron chi connectivity index (χ1n) is 8.29. The summed E-state index contributed by atoms with van der Waals surface area (Å²) in [5.41, 5.74) is 2.31. The smallest absolute Gasteiger partial charge is 0.165 e. The molecule has 1 aromatic carbocycles. The highest BCUT2D eigenvalue weighted by Crippen LogP contribution is 2.62. The fraction of sp³-hybridized carbons (Fsp3) is 0.556. The normalized spacial score (nSPS) is 41.2. The van der Waals surface area contributed by atoms with Crippen molar-refractivity contribution in [1.82, 2.24) is 4.90 Å². The third kappa shape index (κ3) is 1.28. The number of likely N-dealkylation sites (N-methyl/N-ethyl adjacent to an activating group) is 1. The lowest BCUT2D eigenvalue weighted by Crippen LogP contribution is -2.65. The average molecular weight is 299 g/mol. The summed E-state index contributed by atoms with van der Waals surface area (Å²) in [4.78, 5) is 2.56. The van der Waals surface area contributed by atoms with E-state index in [4.69, 9.17) is 4.74 Å². The molecule has 1 spiro atoms. The first kappa shape index (κ1) is 13.0. The number of ether oxygens (including phenoxy) is 1. The van der Waals surface area contributed by atoms with E-state index in [-0.39, 0.29) is 17.3 Å². The molecule has 1 fully saturated rings. The van der Waals surface area contributed by atoms with Gasteiger partial charge in [-0.05, 0) is 37.6 Å². The standard InChI is InChI=1S/C18H21NO3/c1-2-19-8-7-18-11-4-6-14(21)17(18)22-16-13(20)5-3-10(15(16)18)9-12(11)19/h3-6,11-12,14,17,20-21H,2,7-9H2,1H3. The van der Waals surface area contributed by atoms with Crippen molar-refractivity contribution < 1.29 is 14.9 Å². The van der Waals surface area contributed by atoms with Crippen LogP contribution in [0.25, 0.3) is 0 Å². The third-order valence-corrected chi connectivity index (χ3v) is 6.39. The highest BCUT2D eigenvalue weighted by molar-refractivity contribution is 5.61. The van der Waals surface area contributed by atoms with Crippen LogP contribution >= 0.6 is 0 Å². The van der Waals surface area contributed by atoms with E-state index in [9.17, 15) is 10.2 Å². The number of rotatable bonds is 1. The molecule has 0 radical (unpaired) electrons. The molecule has 1 aromatic rings. The quantitative estimate of drug-likeness (QED) is 0.773. The van der Waals surface area contributed by atoms with E-state index in [1.807, 2.05) is 6.08 Å². The maximum absolute atomic E-state index is 10.5. The summed E-state index contributed by atoms with van der Waals surface area (Å²) in [6.07, 6.45) is 5.23. The van der Waals surface area contributed by atoms with Crippen molar-refractivity contribution in [2.24, 2.45) is 5.92 Å². The highest BCUT2D eigenvalue weighted by atomic mass is 16.5. The van der Waals surface area contributed by atoms with Gasteiger partial charge in [0.15, 0.2) is 11.5 Å². The van der Waals surface area contributed by atoms with E-state index < -0.39 is 6.10 Å². The van der Waals surface area contributed by atoms with Crippen LogP contribution < -0.4 is 4.74 Å². The molecule has 5 atom stereocenters. The van der Waals surface area contributed by atoms with Crippen molar-refractivity contribution in [3.63, 3.8) is 0 Å². The van der Waals surface area contributed by atoms with Crippen molar-refractivity contribution in [3.05, 3.63) is 35.4 Å². The number of aliphatic hydroxyl groups is 1. The van der Waals surface area contributed by atoms with Gasteiger partial charge < -0.3 is 14.9 Å². The number of benzene rings is 1. The van der Waals surface area contributed by atoms with E-state index in [1.165, 1.54) is 11.1 Å². The second-order valence-electron chi connectivity index (χ2n) is 7.08. The molecule has 2 aliphatic heterocycles. The maximum atomic E-state index is 10.5. The second-order valence-corrected chi connectivity index (χ2v) is 7.08. The van der Waals surface area contributed by atoms with E-state index >= 15 is 0 Å². The molecule has 2 N–H and O–H groups in total. The summed E-state index contributed by atoms with van der Waals surface area (Å²) in [5.74, 6) is 1.20. The fourth-order valence-electron chi connectivity index (χ4n) is 5.52. The van der Waals surface area contributed by atoms with E-state index in [1.54, 1.807) is 6.07 Å². The molecule has 2 heterocycles. The summed E-state index contributed by atoms with van der Waals surface area (Å²) in [6, 6.07) is 4.26. The van der Waals surface area contributed by atoms with Gasteiger partial charge in [-0.25, -0.2) is 0 Å². The van der Waals surface area contributed by atoms with Gasteiger partial charge in [-0.3, -0.25) is 4.90 Å². The van der Waals surface area contributed by atoms with Gasteiger partial charge in [-0.15, -0.1) is 0 Å². The van der Waals surface area contributed by atoms with Crippen molar-refractivity contribution in [2.45, 2.75) is 43.4 Å². The Bertz CT molecular complexity index is 685. The van der Waals surface area contributed by atoms with Gasteiger partial charge in [-0.1, -0.05) is 25.1 Å². The molecule has 2 bridgehead atoms. The van der Waals surface area contributed by atoms with Gasteiger partial charge in [0.05, 0.1) is 0 Å². The zero-order valence-corrected chi connectivity index (χ0v) is 12.7. The number of aromatic hydroxyl groups is 1. The van der Waals surface area contributed by atoms with Crippen LogP contribution in [0.1, 0.15) is 24.5 Å². The predicted octanol–water partition coefficient (Wildman–Crippen LogP) is 1.59. The van der Waals surface area contributed by atoms with Crippen LogP contribution in [-0.2, 0) is 11.8 Å². The lowest BCUT2D eigenvalue weighted by atomic mass is 9.53. The second kappa shape index (κ2) is 4.06. The number of phenols is 1. The van der Waals surface area contributed by atoms with Crippen LogP contribution in [0.4, 0.5) is 0 Å². The Kier molecular flexibility index (Phi) is 2.39. The number of nitrogens with zero attached hydrogens (tertiary/aromatic N) is 1. The van der Waals surface area contributed by atoms with Gasteiger partial charge in [-0.2, -0.15) is 0 Å². The number of phenolic OH excluding ortho intramolecular Hbond substituents is 1. The molecule has 4 heteroatoms. The zero-order chi connectivity index (χ0) is 15.1. The summed E-state index contributed by atoms with van der Waals surface area (Å²) in [5, 5.41) is 20.8. The van der Waals surface area contributed by atoms with E-state index in [0.717, 1.165) is 25.9 Å². The molecule has 0 saturated carbocycles. The number of aliphatic hydroxyl groups excluding tert-OH is 1. The maximum Gasteiger partial charge on any atom is 0.165 e. The van der Waals surface area contributed by atoms with Crippen LogP contribution in [0.2, 0.25) is 0 Å². The van der Waals surface area contributed by atoms with Crippen LogP contribution in [0, 0.1) is 5.92 Å². The van der Waals surface area contributed by atoms with Gasteiger partial charge in [0.2, 0.25) is 0 Å². The first-order valence-corrected chi connectivity index (χ1v) is 8.29. The minimum Gasteiger partial charge on any atom is -0.504 e. The van der Waals surface area contributed by atoms with Crippen LogP contribution in [0.5, 0.6) is 11.5 Å².